The normalized spacial score (nSPS) is 10.9. The van der Waals surface area contributed by atoms with Gasteiger partial charge in [0.15, 0.2) is 0 Å². The van der Waals surface area contributed by atoms with Crippen LogP contribution in [0.3, 0.4) is 0 Å². The van der Waals surface area contributed by atoms with E-state index in [2.05, 4.69) is 4.74 Å². The van der Waals surface area contributed by atoms with Crippen molar-refractivity contribution < 1.29 is 19.4 Å². The summed E-state index contributed by atoms with van der Waals surface area (Å²) in [6, 6.07) is 7.10. The monoisotopic (exact) mass is 262 g/mol. The molecular formula is C13H10O4S. The molecule has 0 bridgehead atoms. The molecule has 2 aromatic rings. The van der Waals surface area contributed by atoms with E-state index >= 15 is 0 Å². The molecular weight excluding hydrogens is 252 g/mol. The van der Waals surface area contributed by atoms with Crippen LogP contribution in [-0.2, 0) is 9.53 Å². The van der Waals surface area contributed by atoms with E-state index in [4.69, 9.17) is 5.11 Å². The van der Waals surface area contributed by atoms with Gasteiger partial charge in [-0.05, 0) is 23.8 Å². The van der Waals surface area contributed by atoms with Gasteiger partial charge in [0.2, 0.25) is 0 Å². The smallest absolute Gasteiger partial charge is 0.345 e. The van der Waals surface area contributed by atoms with Gasteiger partial charge in [-0.3, -0.25) is 0 Å². The molecule has 2 rings (SSSR count). The minimum absolute atomic E-state index is 0.281. The van der Waals surface area contributed by atoms with Gasteiger partial charge in [-0.15, -0.1) is 11.3 Å². The van der Waals surface area contributed by atoms with Gasteiger partial charge in [0.1, 0.15) is 4.88 Å². The minimum Gasteiger partial charge on any atom is -0.477 e. The molecule has 0 aliphatic carbocycles. The summed E-state index contributed by atoms with van der Waals surface area (Å²) < 4.78 is 5.38. The molecule has 0 atom stereocenters. The van der Waals surface area contributed by atoms with E-state index in [1.54, 1.807) is 12.1 Å². The van der Waals surface area contributed by atoms with Gasteiger partial charge in [-0.25, -0.2) is 9.59 Å². The van der Waals surface area contributed by atoms with E-state index in [0.717, 1.165) is 15.6 Å². The Morgan fingerprint density at radius 1 is 1.39 bits per heavy atom. The molecule has 1 heterocycles. The molecule has 0 saturated heterocycles. The number of rotatable bonds is 3. The van der Waals surface area contributed by atoms with Crippen LogP contribution in [-0.4, -0.2) is 24.2 Å². The lowest BCUT2D eigenvalue weighted by molar-refractivity contribution is -0.134. The topological polar surface area (TPSA) is 63.6 Å². The number of carbonyl (C=O) groups is 2. The average Bonchev–Trinajstić information content (AvgIpc) is 2.80. The summed E-state index contributed by atoms with van der Waals surface area (Å²) in [5.74, 6) is -1.39. The largest absolute Gasteiger partial charge is 0.477 e. The maximum absolute atomic E-state index is 11.0. The number of fused-ring (bicyclic) bond motifs is 1. The van der Waals surface area contributed by atoms with Crippen LogP contribution < -0.4 is 0 Å². The van der Waals surface area contributed by atoms with Crippen LogP contribution in [0.4, 0.5) is 0 Å². The number of carbonyl (C=O) groups excluding carboxylic acids is 1. The predicted octanol–water partition coefficient (Wildman–Crippen LogP) is 2.79. The van der Waals surface area contributed by atoms with Crippen LogP contribution in [0.25, 0.3) is 16.2 Å². The Morgan fingerprint density at radius 2 is 2.17 bits per heavy atom. The summed E-state index contributed by atoms with van der Waals surface area (Å²) >= 11 is 1.21. The van der Waals surface area contributed by atoms with E-state index in [-0.39, 0.29) is 4.88 Å². The van der Waals surface area contributed by atoms with Crippen molar-refractivity contribution in [2.45, 2.75) is 0 Å². The third-order valence-corrected chi connectivity index (χ3v) is 3.49. The maximum atomic E-state index is 11.0. The van der Waals surface area contributed by atoms with Gasteiger partial charge in [-0.1, -0.05) is 12.1 Å². The summed E-state index contributed by atoms with van der Waals surface area (Å²) in [5.41, 5.74) is 0.793. The van der Waals surface area contributed by atoms with E-state index in [0.29, 0.717) is 0 Å². The second kappa shape index (κ2) is 5.01. The molecule has 0 amide bonds. The highest BCUT2D eigenvalue weighted by Gasteiger charge is 2.09. The Bertz CT molecular complexity index is 639. The lowest BCUT2D eigenvalue weighted by Crippen LogP contribution is -1.93. The fraction of sp³-hybridized carbons (Fsp3) is 0.0769. The number of aromatic carboxylic acids is 1. The molecule has 0 saturated carbocycles. The van der Waals surface area contributed by atoms with Crippen LogP contribution in [0.15, 0.2) is 30.3 Å². The summed E-state index contributed by atoms with van der Waals surface area (Å²) in [5, 5.41) is 9.77. The van der Waals surface area contributed by atoms with E-state index in [1.165, 1.54) is 24.5 Å². The van der Waals surface area contributed by atoms with Gasteiger partial charge in [0, 0.05) is 16.2 Å². The van der Waals surface area contributed by atoms with Crippen molar-refractivity contribution in [3.63, 3.8) is 0 Å². The molecule has 92 valence electrons. The average molecular weight is 262 g/mol. The summed E-state index contributed by atoms with van der Waals surface area (Å²) in [6.07, 6.45) is 2.93. The minimum atomic E-state index is -0.945. The summed E-state index contributed by atoms with van der Waals surface area (Å²) in [6.45, 7) is 0. The Kier molecular flexibility index (Phi) is 3.43. The summed E-state index contributed by atoms with van der Waals surface area (Å²) in [4.78, 5) is 22.2. The molecule has 0 spiro atoms. The Hall–Kier alpha value is -2.14. The Morgan fingerprint density at radius 3 is 2.83 bits per heavy atom. The molecule has 18 heavy (non-hydrogen) atoms. The maximum Gasteiger partial charge on any atom is 0.345 e. The second-order valence-corrected chi connectivity index (χ2v) is 4.62. The molecule has 5 heteroatoms. The van der Waals surface area contributed by atoms with Crippen LogP contribution >= 0.6 is 11.3 Å². The zero-order valence-corrected chi connectivity index (χ0v) is 10.4. The third kappa shape index (κ3) is 2.41. The first-order chi connectivity index (χ1) is 8.61. The second-order valence-electron chi connectivity index (χ2n) is 3.53. The molecule has 1 N–H and O–H groups in total. The van der Waals surface area contributed by atoms with Gasteiger partial charge >= 0.3 is 11.9 Å². The fourth-order valence-corrected chi connectivity index (χ4v) is 2.49. The lowest BCUT2D eigenvalue weighted by Gasteiger charge is -1.95. The standard InChI is InChI=1S/C13H10O4S/c1-17-12(14)6-5-8-3-2-4-10-9(8)7-11(18-10)13(15)16/h2-7H,1H3,(H,15,16). The number of thiophene rings is 1. The Labute approximate surface area is 107 Å². The van der Waals surface area contributed by atoms with Gasteiger partial charge < -0.3 is 9.84 Å². The number of carboxylic acids is 1. The number of esters is 1. The Balaban J connectivity index is 2.48. The summed E-state index contributed by atoms with van der Waals surface area (Å²) in [7, 11) is 1.31. The molecule has 0 fully saturated rings. The quantitative estimate of drug-likeness (QED) is 0.682. The van der Waals surface area contributed by atoms with Crippen molar-refractivity contribution in [1.82, 2.24) is 0 Å². The van der Waals surface area contributed by atoms with Crippen LogP contribution in [0.2, 0.25) is 0 Å². The van der Waals surface area contributed by atoms with E-state index < -0.39 is 11.9 Å². The highest BCUT2D eigenvalue weighted by molar-refractivity contribution is 7.20. The van der Waals surface area contributed by atoms with E-state index in [9.17, 15) is 9.59 Å². The van der Waals surface area contributed by atoms with Crippen molar-refractivity contribution in [3.05, 3.63) is 40.8 Å². The number of carboxylic acid groups (broad SMARTS) is 1. The molecule has 4 nitrogen and oxygen atoms in total. The number of hydrogen-bond donors (Lipinski definition) is 1. The molecule has 1 aromatic heterocycles. The third-order valence-electron chi connectivity index (χ3n) is 2.41. The predicted molar refractivity (Wildman–Crippen MR) is 69.8 cm³/mol. The van der Waals surface area contributed by atoms with Gasteiger partial charge in [0.05, 0.1) is 7.11 Å². The van der Waals surface area contributed by atoms with Gasteiger partial charge in [0.25, 0.3) is 0 Å². The number of methoxy groups -OCH3 is 1. The van der Waals surface area contributed by atoms with E-state index in [1.807, 2.05) is 18.2 Å². The first-order valence-electron chi connectivity index (χ1n) is 5.13. The highest BCUT2D eigenvalue weighted by Crippen LogP contribution is 2.29. The van der Waals surface area contributed by atoms with Gasteiger partial charge in [-0.2, -0.15) is 0 Å². The van der Waals surface area contributed by atoms with Crippen LogP contribution in [0, 0.1) is 0 Å². The van der Waals surface area contributed by atoms with Crippen molar-refractivity contribution in [3.8, 4) is 0 Å². The van der Waals surface area contributed by atoms with Crippen LogP contribution in [0.1, 0.15) is 15.2 Å². The van der Waals surface area contributed by atoms with Crippen molar-refractivity contribution in [1.29, 1.82) is 0 Å². The number of ether oxygens (including phenoxy) is 1. The molecule has 0 aliphatic rings. The molecule has 0 aliphatic heterocycles. The first-order valence-corrected chi connectivity index (χ1v) is 5.95. The first kappa shape index (κ1) is 12.3. The number of benzene rings is 1. The molecule has 0 unspecified atom stereocenters. The van der Waals surface area contributed by atoms with Crippen LogP contribution in [0.5, 0.6) is 0 Å². The zero-order valence-electron chi connectivity index (χ0n) is 9.54. The molecule has 0 radical (unpaired) electrons. The lowest BCUT2D eigenvalue weighted by atomic mass is 10.1. The zero-order chi connectivity index (χ0) is 13.1. The van der Waals surface area contributed by atoms with Crippen molar-refractivity contribution >= 4 is 39.4 Å². The fourth-order valence-electron chi connectivity index (χ4n) is 1.56. The molecule has 1 aromatic carbocycles. The van der Waals surface area contributed by atoms with Crippen molar-refractivity contribution in [2.24, 2.45) is 0 Å². The van der Waals surface area contributed by atoms with Crippen molar-refractivity contribution in [2.75, 3.05) is 7.11 Å². The highest BCUT2D eigenvalue weighted by atomic mass is 32.1. The number of hydrogen-bond acceptors (Lipinski definition) is 4. The SMILES string of the molecule is COC(=O)C=Cc1cccc2sc(C(=O)O)cc12.